The normalized spacial score (nSPS) is 11.7. The van der Waals surface area contributed by atoms with Gasteiger partial charge in [-0.3, -0.25) is 0 Å². The van der Waals surface area contributed by atoms with Crippen molar-refractivity contribution in [3.8, 4) is 0 Å². The third-order valence-corrected chi connectivity index (χ3v) is 2.69. The van der Waals surface area contributed by atoms with Gasteiger partial charge in [-0.25, -0.2) is 4.98 Å². The van der Waals surface area contributed by atoms with Gasteiger partial charge < -0.3 is 10.3 Å². The minimum Gasteiger partial charge on any atom is -0.355 e. The fraction of sp³-hybridized carbons (Fsp3) is 0.750. The summed E-state index contributed by atoms with van der Waals surface area (Å²) >= 11 is 0. The molecule has 0 saturated carbocycles. The van der Waals surface area contributed by atoms with Crippen LogP contribution in [0.2, 0.25) is 0 Å². The molecule has 0 aliphatic carbocycles. The lowest BCUT2D eigenvalue weighted by Crippen LogP contribution is -2.23. The van der Waals surface area contributed by atoms with Gasteiger partial charge in [-0.05, 0) is 11.8 Å². The van der Waals surface area contributed by atoms with E-state index < -0.39 is 0 Å². The molecular weight excluding hydrogens is 186 g/mol. The number of rotatable bonds is 7. The Kier molecular flexibility index (Phi) is 4.66. The lowest BCUT2D eigenvalue weighted by atomic mass is 9.87. The summed E-state index contributed by atoms with van der Waals surface area (Å²) in [5.41, 5.74) is 0.349. The highest BCUT2D eigenvalue weighted by Gasteiger charge is 2.17. The van der Waals surface area contributed by atoms with Crippen molar-refractivity contribution in [2.24, 2.45) is 5.41 Å². The van der Waals surface area contributed by atoms with Crippen LogP contribution in [0.1, 0.15) is 46.5 Å². The monoisotopic (exact) mass is 209 g/mol. The summed E-state index contributed by atoms with van der Waals surface area (Å²) in [6.45, 7) is 7.83. The number of anilines is 1. The zero-order chi connectivity index (χ0) is 11.1. The average molecular weight is 209 g/mol. The second kappa shape index (κ2) is 5.79. The summed E-state index contributed by atoms with van der Waals surface area (Å²) in [5, 5.41) is 3.33. The quantitative estimate of drug-likeness (QED) is 0.675. The second-order valence-electron chi connectivity index (χ2n) is 4.91. The van der Waals surface area contributed by atoms with E-state index >= 15 is 0 Å². The van der Waals surface area contributed by atoms with E-state index in [-0.39, 0.29) is 0 Å². The largest absolute Gasteiger partial charge is 0.355 e. The number of imidazole rings is 1. The first-order valence-electron chi connectivity index (χ1n) is 5.87. The molecular formula is C12H23N3. The molecule has 3 heteroatoms. The van der Waals surface area contributed by atoms with Gasteiger partial charge in [0.25, 0.3) is 0 Å². The average Bonchev–Trinajstić information content (AvgIpc) is 2.68. The molecule has 0 aromatic carbocycles. The molecule has 0 amide bonds. The van der Waals surface area contributed by atoms with Crippen LogP contribution in [-0.2, 0) is 0 Å². The molecule has 0 radical (unpaired) electrons. The van der Waals surface area contributed by atoms with Gasteiger partial charge in [-0.1, -0.05) is 40.0 Å². The van der Waals surface area contributed by atoms with E-state index in [1.807, 2.05) is 6.20 Å². The number of nitrogens with one attached hydrogen (secondary N) is 2. The van der Waals surface area contributed by atoms with Crippen LogP contribution >= 0.6 is 0 Å². The van der Waals surface area contributed by atoms with Crippen LogP contribution in [-0.4, -0.2) is 16.5 Å². The number of hydrogen-bond donors (Lipinski definition) is 2. The van der Waals surface area contributed by atoms with Crippen LogP contribution in [0.15, 0.2) is 12.4 Å². The molecule has 0 unspecified atom stereocenters. The SMILES string of the molecule is CCCCCC(C)(C)CNc1ncc[nH]1. The highest BCUT2D eigenvalue weighted by molar-refractivity contribution is 5.23. The maximum Gasteiger partial charge on any atom is 0.200 e. The molecule has 2 N–H and O–H groups in total. The van der Waals surface area contributed by atoms with Crippen molar-refractivity contribution in [3.05, 3.63) is 12.4 Å². The van der Waals surface area contributed by atoms with E-state index in [0.717, 1.165) is 12.5 Å². The van der Waals surface area contributed by atoms with Crippen LogP contribution < -0.4 is 5.32 Å². The summed E-state index contributed by atoms with van der Waals surface area (Å²) in [6, 6.07) is 0. The van der Waals surface area contributed by atoms with E-state index in [9.17, 15) is 0 Å². The van der Waals surface area contributed by atoms with E-state index in [0.29, 0.717) is 5.41 Å². The molecule has 0 bridgehead atoms. The topological polar surface area (TPSA) is 40.7 Å². The van der Waals surface area contributed by atoms with Crippen LogP contribution in [0.5, 0.6) is 0 Å². The minimum atomic E-state index is 0.349. The molecule has 0 spiro atoms. The maximum atomic E-state index is 4.15. The first-order valence-corrected chi connectivity index (χ1v) is 5.87. The third-order valence-electron chi connectivity index (χ3n) is 2.69. The van der Waals surface area contributed by atoms with Gasteiger partial charge in [-0.2, -0.15) is 0 Å². The van der Waals surface area contributed by atoms with Gasteiger partial charge in [0, 0.05) is 18.9 Å². The van der Waals surface area contributed by atoms with Crippen LogP contribution in [0, 0.1) is 5.41 Å². The molecule has 0 aliphatic rings. The van der Waals surface area contributed by atoms with E-state index in [4.69, 9.17) is 0 Å². The minimum absolute atomic E-state index is 0.349. The first kappa shape index (κ1) is 12.1. The predicted molar refractivity (Wildman–Crippen MR) is 65.0 cm³/mol. The molecule has 1 aromatic rings. The summed E-state index contributed by atoms with van der Waals surface area (Å²) in [5.74, 6) is 0.874. The van der Waals surface area contributed by atoms with Gasteiger partial charge in [0.2, 0.25) is 0 Å². The summed E-state index contributed by atoms with van der Waals surface area (Å²) in [6.07, 6.45) is 8.84. The summed E-state index contributed by atoms with van der Waals surface area (Å²) in [7, 11) is 0. The van der Waals surface area contributed by atoms with Gasteiger partial charge in [0.1, 0.15) is 0 Å². The van der Waals surface area contributed by atoms with Gasteiger partial charge >= 0.3 is 0 Å². The number of nitrogens with zero attached hydrogens (tertiary/aromatic N) is 1. The maximum absolute atomic E-state index is 4.15. The van der Waals surface area contributed by atoms with Crippen molar-refractivity contribution < 1.29 is 0 Å². The van der Waals surface area contributed by atoms with E-state index in [1.54, 1.807) is 6.20 Å². The van der Waals surface area contributed by atoms with Crippen molar-refractivity contribution in [2.75, 3.05) is 11.9 Å². The molecule has 86 valence electrons. The Morgan fingerprint density at radius 1 is 1.40 bits per heavy atom. The van der Waals surface area contributed by atoms with E-state index in [1.165, 1.54) is 25.7 Å². The van der Waals surface area contributed by atoms with Gasteiger partial charge in [-0.15, -0.1) is 0 Å². The molecule has 1 aromatic heterocycles. The number of aromatic nitrogens is 2. The number of hydrogen-bond acceptors (Lipinski definition) is 2. The van der Waals surface area contributed by atoms with Crippen LogP contribution in [0.3, 0.4) is 0 Å². The summed E-state index contributed by atoms with van der Waals surface area (Å²) < 4.78 is 0. The van der Waals surface area contributed by atoms with Crippen LogP contribution in [0.4, 0.5) is 5.95 Å². The lowest BCUT2D eigenvalue weighted by Gasteiger charge is -2.24. The number of H-pyrrole nitrogens is 1. The molecule has 0 saturated heterocycles. The highest BCUT2D eigenvalue weighted by Crippen LogP contribution is 2.23. The van der Waals surface area contributed by atoms with Crippen molar-refractivity contribution in [1.82, 2.24) is 9.97 Å². The molecule has 1 rings (SSSR count). The third kappa shape index (κ3) is 4.86. The van der Waals surface area contributed by atoms with Crippen molar-refractivity contribution in [1.29, 1.82) is 0 Å². The molecule has 0 fully saturated rings. The fourth-order valence-electron chi connectivity index (χ4n) is 1.63. The predicted octanol–water partition coefficient (Wildman–Crippen LogP) is 3.43. The highest BCUT2D eigenvalue weighted by atomic mass is 15.1. The number of unbranched alkanes of at least 4 members (excludes halogenated alkanes) is 2. The molecule has 15 heavy (non-hydrogen) atoms. The Bertz CT molecular complexity index is 252. The fourth-order valence-corrected chi connectivity index (χ4v) is 1.63. The zero-order valence-electron chi connectivity index (χ0n) is 10.1. The molecule has 1 heterocycles. The van der Waals surface area contributed by atoms with E-state index in [2.05, 4.69) is 36.1 Å². The molecule has 0 atom stereocenters. The lowest BCUT2D eigenvalue weighted by molar-refractivity contribution is 0.342. The van der Waals surface area contributed by atoms with Gasteiger partial charge in [0.05, 0.1) is 0 Å². The van der Waals surface area contributed by atoms with Crippen LogP contribution in [0.25, 0.3) is 0 Å². The first-order chi connectivity index (χ1) is 7.14. The smallest absolute Gasteiger partial charge is 0.200 e. The van der Waals surface area contributed by atoms with Crippen molar-refractivity contribution >= 4 is 5.95 Å². The van der Waals surface area contributed by atoms with Gasteiger partial charge in [0.15, 0.2) is 5.95 Å². The molecule has 0 aliphatic heterocycles. The Hall–Kier alpha value is -0.990. The summed E-state index contributed by atoms with van der Waals surface area (Å²) in [4.78, 5) is 7.20. The molecule has 3 nitrogen and oxygen atoms in total. The Morgan fingerprint density at radius 3 is 2.80 bits per heavy atom. The Morgan fingerprint density at radius 2 is 2.20 bits per heavy atom. The zero-order valence-corrected chi connectivity index (χ0v) is 10.1. The van der Waals surface area contributed by atoms with Crippen molar-refractivity contribution in [3.63, 3.8) is 0 Å². The second-order valence-corrected chi connectivity index (χ2v) is 4.91. The standard InChI is InChI=1S/C12H23N3/c1-4-5-6-7-12(2,3)10-15-11-13-8-9-14-11/h8-9H,4-7,10H2,1-3H3,(H2,13,14,15). The van der Waals surface area contributed by atoms with Crippen molar-refractivity contribution in [2.45, 2.75) is 46.5 Å². The Balaban J connectivity index is 2.23. The Labute approximate surface area is 92.7 Å². The number of aromatic amines is 1.